The number of rotatable bonds is 4. The van der Waals surface area contributed by atoms with E-state index in [1.807, 2.05) is 6.92 Å². The molecular weight excluding hydrogens is 314 g/mol. The third-order valence-electron chi connectivity index (χ3n) is 4.97. The Morgan fingerprint density at radius 2 is 1.92 bits per heavy atom. The van der Waals surface area contributed by atoms with Gasteiger partial charge in [-0.3, -0.25) is 0 Å². The molecule has 0 radical (unpaired) electrons. The molecule has 0 aromatic carbocycles. The van der Waals surface area contributed by atoms with Crippen molar-refractivity contribution >= 4 is 11.6 Å². The van der Waals surface area contributed by atoms with Crippen LogP contribution >= 0.6 is 0 Å². The molecule has 0 amide bonds. The fourth-order valence-corrected chi connectivity index (χ4v) is 3.61. The first-order valence-corrected chi connectivity index (χ1v) is 8.80. The Morgan fingerprint density at radius 3 is 2.60 bits per heavy atom. The van der Waals surface area contributed by atoms with Gasteiger partial charge in [0.2, 0.25) is 0 Å². The SMILES string of the molecule is Cc1cc(N(C2CC2)C2CCN(c3nnccc3C#N)CC2)ncn1. The Labute approximate surface area is 147 Å². The van der Waals surface area contributed by atoms with Crippen molar-refractivity contribution in [3.8, 4) is 6.07 Å². The van der Waals surface area contributed by atoms with Crippen LogP contribution in [0.5, 0.6) is 0 Å². The number of aromatic nitrogens is 4. The Balaban J connectivity index is 1.50. The quantitative estimate of drug-likeness (QED) is 0.846. The number of nitriles is 1. The predicted octanol–water partition coefficient (Wildman–Crippen LogP) is 2.08. The second-order valence-corrected chi connectivity index (χ2v) is 6.75. The maximum absolute atomic E-state index is 9.28. The molecule has 128 valence electrons. The van der Waals surface area contributed by atoms with E-state index >= 15 is 0 Å². The highest BCUT2D eigenvalue weighted by Crippen LogP contribution is 2.35. The van der Waals surface area contributed by atoms with Gasteiger partial charge in [-0.25, -0.2) is 9.97 Å². The smallest absolute Gasteiger partial charge is 0.169 e. The number of hydrogen-bond acceptors (Lipinski definition) is 7. The Bertz CT molecular complexity index is 788. The minimum absolute atomic E-state index is 0.472. The molecule has 1 saturated carbocycles. The molecule has 2 fully saturated rings. The standard InChI is InChI=1S/C18H21N7/c1-13-10-17(21-12-20-13)25(15-2-3-15)16-5-8-24(9-6-16)18-14(11-19)4-7-22-23-18/h4,7,10,12,15-16H,2-3,5-6,8-9H2,1H3. The van der Waals surface area contributed by atoms with Crippen LogP contribution in [0.15, 0.2) is 24.7 Å². The van der Waals surface area contributed by atoms with Crippen LogP contribution in [0, 0.1) is 18.3 Å². The molecule has 2 aromatic rings. The van der Waals surface area contributed by atoms with Crippen molar-refractivity contribution in [1.29, 1.82) is 5.26 Å². The molecule has 7 nitrogen and oxygen atoms in total. The fraction of sp³-hybridized carbons (Fsp3) is 0.500. The average Bonchev–Trinajstić information content (AvgIpc) is 3.48. The van der Waals surface area contributed by atoms with Crippen LogP contribution in [0.1, 0.15) is 36.9 Å². The third-order valence-corrected chi connectivity index (χ3v) is 4.97. The van der Waals surface area contributed by atoms with Crippen molar-refractivity contribution in [2.75, 3.05) is 22.9 Å². The summed E-state index contributed by atoms with van der Waals surface area (Å²) in [6, 6.07) is 7.11. The number of nitrogens with zero attached hydrogens (tertiary/aromatic N) is 7. The first-order valence-electron chi connectivity index (χ1n) is 8.80. The van der Waals surface area contributed by atoms with Gasteiger partial charge in [0.25, 0.3) is 0 Å². The maximum Gasteiger partial charge on any atom is 0.169 e. The Hall–Kier alpha value is -2.75. The van der Waals surface area contributed by atoms with Gasteiger partial charge in [-0.2, -0.15) is 10.4 Å². The molecule has 2 aromatic heterocycles. The fourth-order valence-electron chi connectivity index (χ4n) is 3.61. The second-order valence-electron chi connectivity index (χ2n) is 6.75. The molecule has 0 N–H and O–H groups in total. The molecule has 0 atom stereocenters. The zero-order valence-electron chi connectivity index (χ0n) is 14.3. The zero-order valence-corrected chi connectivity index (χ0v) is 14.3. The maximum atomic E-state index is 9.28. The summed E-state index contributed by atoms with van der Waals surface area (Å²) < 4.78 is 0. The summed E-state index contributed by atoms with van der Waals surface area (Å²) in [4.78, 5) is 13.4. The number of piperidine rings is 1. The van der Waals surface area contributed by atoms with Crippen LogP contribution in [0.25, 0.3) is 0 Å². The molecule has 0 spiro atoms. The van der Waals surface area contributed by atoms with Crippen LogP contribution < -0.4 is 9.80 Å². The summed E-state index contributed by atoms with van der Waals surface area (Å²) in [5.74, 6) is 1.75. The van der Waals surface area contributed by atoms with Crippen LogP contribution in [-0.2, 0) is 0 Å². The first kappa shape index (κ1) is 15.8. The van der Waals surface area contributed by atoms with Crippen LogP contribution in [0.4, 0.5) is 11.6 Å². The van der Waals surface area contributed by atoms with Crippen LogP contribution in [0.2, 0.25) is 0 Å². The van der Waals surface area contributed by atoms with Gasteiger partial charge < -0.3 is 9.80 Å². The lowest BCUT2D eigenvalue weighted by molar-refractivity contribution is 0.456. The molecule has 3 heterocycles. The van der Waals surface area contributed by atoms with Gasteiger partial charge in [0.15, 0.2) is 5.82 Å². The van der Waals surface area contributed by atoms with E-state index in [0.29, 0.717) is 23.5 Å². The van der Waals surface area contributed by atoms with E-state index in [4.69, 9.17) is 0 Å². The molecule has 2 aliphatic rings. The highest BCUT2D eigenvalue weighted by atomic mass is 15.3. The first-order chi connectivity index (χ1) is 12.3. The van der Waals surface area contributed by atoms with E-state index < -0.39 is 0 Å². The highest BCUT2D eigenvalue weighted by molar-refractivity contribution is 5.53. The molecule has 1 aliphatic carbocycles. The van der Waals surface area contributed by atoms with Crippen molar-refractivity contribution in [3.63, 3.8) is 0 Å². The average molecular weight is 335 g/mol. The van der Waals surface area contributed by atoms with Crippen molar-refractivity contribution in [2.45, 2.75) is 44.7 Å². The Morgan fingerprint density at radius 1 is 1.16 bits per heavy atom. The van der Waals surface area contributed by atoms with Gasteiger partial charge in [-0.05, 0) is 38.7 Å². The van der Waals surface area contributed by atoms with Crippen molar-refractivity contribution in [2.24, 2.45) is 0 Å². The van der Waals surface area contributed by atoms with Gasteiger partial charge in [0.1, 0.15) is 18.2 Å². The lowest BCUT2D eigenvalue weighted by atomic mass is 10.0. The van der Waals surface area contributed by atoms with Gasteiger partial charge >= 0.3 is 0 Å². The zero-order chi connectivity index (χ0) is 17.2. The van der Waals surface area contributed by atoms with Gasteiger partial charge in [0, 0.05) is 36.9 Å². The third kappa shape index (κ3) is 3.25. The van der Waals surface area contributed by atoms with Gasteiger partial charge in [-0.15, -0.1) is 5.10 Å². The van der Waals surface area contributed by atoms with Crippen molar-refractivity contribution in [1.82, 2.24) is 20.2 Å². The van der Waals surface area contributed by atoms with Crippen molar-refractivity contribution < 1.29 is 0 Å². The van der Waals surface area contributed by atoms with Crippen molar-refractivity contribution in [3.05, 3.63) is 35.9 Å². The van der Waals surface area contributed by atoms with E-state index in [0.717, 1.165) is 37.4 Å². The molecule has 0 unspecified atom stereocenters. The summed E-state index contributed by atoms with van der Waals surface area (Å²) in [7, 11) is 0. The topological polar surface area (TPSA) is 81.8 Å². The summed E-state index contributed by atoms with van der Waals surface area (Å²) >= 11 is 0. The summed E-state index contributed by atoms with van der Waals surface area (Å²) in [5, 5.41) is 17.4. The van der Waals surface area contributed by atoms with Gasteiger partial charge in [-0.1, -0.05) is 0 Å². The number of anilines is 2. The van der Waals surface area contributed by atoms with E-state index in [-0.39, 0.29) is 0 Å². The molecule has 0 bridgehead atoms. The molecule has 7 heteroatoms. The second kappa shape index (κ2) is 6.63. The normalized spacial score (nSPS) is 18.0. The Kier molecular flexibility index (Phi) is 4.18. The molecular formula is C18H21N7. The lowest BCUT2D eigenvalue weighted by Crippen LogP contribution is -2.47. The van der Waals surface area contributed by atoms with E-state index in [1.165, 1.54) is 12.8 Å². The minimum atomic E-state index is 0.472. The van der Waals surface area contributed by atoms with E-state index in [9.17, 15) is 5.26 Å². The molecule has 25 heavy (non-hydrogen) atoms. The minimum Gasteiger partial charge on any atom is -0.354 e. The summed E-state index contributed by atoms with van der Waals surface area (Å²) in [5.41, 5.74) is 1.60. The van der Waals surface area contributed by atoms with Crippen LogP contribution in [-0.4, -0.2) is 45.3 Å². The summed E-state index contributed by atoms with van der Waals surface area (Å²) in [6.07, 6.45) is 7.77. The monoisotopic (exact) mass is 335 g/mol. The van der Waals surface area contributed by atoms with Gasteiger partial charge in [0.05, 0.1) is 11.8 Å². The predicted molar refractivity (Wildman–Crippen MR) is 94.3 cm³/mol. The highest BCUT2D eigenvalue weighted by Gasteiger charge is 2.36. The van der Waals surface area contributed by atoms with E-state index in [1.54, 1.807) is 18.6 Å². The number of hydrogen-bond donors (Lipinski definition) is 0. The van der Waals surface area contributed by atoms with Crippen LogP contribution in [0.3, 0.4) is 0 Å². The molecule has 4 rings (SSSR count). The van der Waals surface area contributed by atoms with E-state index in [2.05, 4.69) is 42.1 Å². The largest absolute Gasteiger partial charge is 0.354 e. The lowest BCUT2D eigenvalue weighted by Gasteiger charge is -2.39. The molecule has 1 saturated heterocycles. The summed E-state index contributed by atoms with van der Waals surface area (Å²) in [6.45, 7) is 3.77. The number of aryl methyl sites for hydroxylation is 1. The molecule has 1 aliphatic heterocycles.